The van der Waals surface area contributed by atoms with Gasteiger partial charge in [0.25, 0.3) is 0 Å². The molecule has 1 fully saturated rings. The monoisotopic (exact) mass is 398 g/mol. The molecule has 1 aliphatic rings. The number of tetrazole rings is 1. The minimum Gasteiger partial charge on any atom is -0.340 e. The van der Waals surface area contributed by atoms with E-state index in [1.807, 2.05) is 35.2 Å². The molecule has 2 aromatic carbocycles. The van der Waals surface area contributed by atoms with Crippen molar-refractivity contribution in [2.45, 2.75) is 13.0 Å². The number of amides is 1. The lowest BCUT2D eigenvalue weighted by Crippen LogP contribution is -2.48. The van der Waals surface area contributed by atoms with Gasteiger partial charge in [0.05, 0.1) is 18.7 Å². The van der Waals surface area contributed by atoms with Gasteiger partial charge in [-0.15, -0.1) is 5.10 Å². The third-order valence-corrected chi connectivity index (χ3v) is 4.97. The van der Waals surface area contributed by atoms with Crippen LogP contribution < -0.4 is 0 Å². The highest BCUT2D eigenvalue weighted by atomic mass is 19.2. The number of halogens is 2. The fraction of sp³-hybridized carbons (Fsp3) is 0.300. The van der Waals surface area contributed by atoms with E-state index >= 15 is 0 Å². The van der Waals surface area contributed by atoms with Crippen LogP contribution in [0.15, 0.2) is 48.5 Å². The van der Waals surface area contributed by atoms with Gasteiger partial charge in [-0.1, -0.05) is 30.3 Å². The second-order valence-electron chi connectivity index (χ2n) is 6.92. The quantitative estimate of drug-likeness (QED) is 0.656. The Bertz CT molecular complexity index is 986. The van der Waals surface area contributed by atoms with E-state index in [2.05, 4.69) is 20.4 Å². The molecule has 150 valence electrons. The van der Waals surface area contributed by atoms with Gasteiger partial charge in [-0.05, 0) is 28.1 Å². The van der Waals surface area contributed by atoms with Crippen molar-refractivity contribution in [1.29, 1.82) is 0 Å². The average Bonchev–Trinajstić information content (AvgIpc) is 3.19. The molecular weight excluding hydrogens is 378 g/mol. The summed E-state index contributed by atoms with van der Waals surface area (Å²) in [5.41, 5.74) is 1.37. The minimum absolute atomic E-state index is 0.113. The molecule has 9 heteroatoms. The summed E-state index contributed by atoms with van der Waals surface area (Å²) < 4.78 is 28.1. The molecule has 2 heterocycles. The number of hydrogen-bond acceptors (Lipinski definition) is 5. The third-order valence-electron chi connectivity index (χ3n) is 4.97. The SMILES string of the molecule is O=C(Cc1ccccc1)N1CCN(Cc2nnnn2-c2ccc(F)c(F)c2)CC1. The molecule has 1 aliphatic heterocycles. The van der Waals surface area contributed by atoms with E-state index < -0.39 is 11.6 Å². The zero-order valence-electron chi connectivity index (χ0n) is 15.7. The van der Waals surface area contributed by atoms with Crippen LogP contribution in [0.5, 0.6) is 0 Å². The first kappa shape index (κ1) is 19.1. The lowest BCUT2D eigenvalue weighted by Gasteiger charge is -2.34. The number of hydrogen-bond donors (Lipinski definition) is 0. The second kappa shape index (κ2) is 8.44. The third kappa shape index (κ3) is 4.45. The van der Waals surface area contributed by atoms with Crippen molar-refractivity contribution in [2.24, 2.45) is 0 Å². The molecule has 29 heavy (non-hydrogen) atoms. The van der Waals surface area contributed by atoms with Gasteiger partial charge in [-0.2, -0.15) is 4.68 Å². The summed E-state index contributed by atoms with van der Waals surface area (Å²) in [6.45, 7) is 3.07. The van der Waals surface area contributed by atoms with Crippen molar-refractivity contribution in [2.75, 3.05) is 26.2 Å². The first-order chi connectivity index (χ1) is 14.1. The molecular formula is C20H20F2N6O. The van der Waals surface area contributed by atoms with E-state index in [4.69, 9.17) is 0 Å². The van der Waals surface area contributed by atoms with Crippen LogP contribution in [0, 0.1) is 11.6 Å². The van der Waals surface area contributed by atoms with Crippen molar-refractivity contribution in [1.82, 2.24) is 30.0 Å². The molecule has 1 amide bonds. The zero-order chi connectivity index (χ0) is 20.2. The number of piperazine rings is 1. The fourth-order valence-electron chi connectivity index (χ4n) is 3.36. The number of carbonyl (C=O) groups is 1. The van der Waals surface area contributed by atoms with Crippen molar-refractivity contribution in [3.05, 3.63) is 71.6 Å². The maximum Gasteiger partial charge on any atom is 0.227 e. The van der Waals surface area contributed by atoms with E-state index in [1.165, 1.54) is 10.7 Å². The maximum absolute atomic E-state index is 13.5. The predicted octanol–water partition coefficient (Wildman–Crippen LogP) is 1.83. The molecule has 0 unspecified atom stereocenters. The summed E-state index contributed by atoms with van der Waals surface area (Å²) in [4.78, 5) is 16.5. The van der Waals surface area contributed by atoms with Crippen molar-refractivity contribution < 1.29 is 13.6 Å². The highest BCUT2D eigenvalue weighted by Gasteiger charge is 2.23. The largest absolute Gasteiger partial charge is 0.340 e. The van der Waals surface area contributed by atoms with Crippen LogP contribution in [0.25, 0.3) is 5.69 Å². The molecule has 0 saturated carbocycles. The second-order valence-corrected chi connectivity index (χ2v) is 6.92. The van der Waals surface area contributed by atoms with Crippen LogP contribution in [0.1, 0.15) is 11.4 Å². The maximum atomic E-state index is 13.5. The van der Waals surface area contributed by atoms with Crippen LogP contribution in [0.3, 0.4) is 0 Å². The smallest absolute Gasteiger partial charge is 0.227 e. The molecule has 3 aromatic rings. The Morgan fingerprint density at radius 1 is 0.966 bits per heavy atom. The fourth-order valence-corrected chi connectivity index (χ4v) is 3.36. The Hall–Kier alpha value is -3.20. The Morgan fingerprint density at radius 3 is 2.45 bits per heavy atom. The van der Waals surface area contributed by atoms with E-state index in [9.17, 15) is 13.6 Å². The molecule has 7 nitrogen and oxygen atoms in total. The first-order valence-corrected chi connectivity index (χ1v) is 9.37. The van der Waals surface area contributed by atoms with E-state index in [0.29, 0.717) is 50.7 Å². The van der Waals surface area contributed by atoms with Gasteiger partial charge in [0.1, 0.15) is 0 Å². The normalized spacial score (nSPS) is 14.9. The van der Waals surface area contributed by atoms with Gasteiger partial charge < -0.3 is 4.90 Å². The van der Waals surface area contributed by atoms with Gasteiger partial charge >= 0.3 is 0 Å². The van der Waals surface area contributed by atoms with E-state index in [-0.39, 0.29) is 5.91 Å². The predicted molar refractivity (Wildman–Crippen MR) is 101 cm³/mol. The molecule has 0 atom stereocenters. The zero-order valence-corrected chi connectivity index (χ0v) is 15.7. The van der Waals surface area contributed by atoms with Gasteiger partial charge in [-0.25, -0.2) is 8.78 Å². The highest BCUT2D eigenvalue weighted by molar-refractivity contribution is 5.78. The molecule has 0 radical (unpaired) electrons. The molecule has 0 spiro atoms. The molecule has 0 N–H and O–H groups in total. The van der Waals surface area contributed by atoms with E-state index in [0.717, 1.165) is 17.7 Å². The molecule has 1 aromatic heterocycles. The summed E-state index contributed by atoms with van der Waals surface area (Å²) in [5, 5.41) is 11.6. The van der Waals surface area contributed by atoms with Gasteiger partial charge in [0.15, 0.2) is 17.5 Å². The Balaban J connectivity index is 1.35. The van der Waals surface area contributed by atoms with Crippen molar-refractivity contribution >= 4 is 5.91 Å². The van der Waals surface area contributed by atoms with Crippen LogP contribution in [0.2, 0.25) is 0 Å². The topological polar surface area (TPSA) is 67.2 Å². The van der Waals surface area contributed by atoms with Crippen LogP contribution in [-0.4, -0.2) is 62.1 Å². The van der Waals surface area contributed by atoms with Crippen LogP contribution >= 0.6 is 0 Å². The van der Waals surface area contributed by atoms with Gasteiger partial charge in [0.2, 0.25) is 5.91 Å². The summed E-state index contributed by atoms with van der Waals surface area (Å²) >= 11 is 0. The summed E-state index contributed by atoms with van der Waals surface area (Å²) in [5.74, 6) is -1.23. The number of benzene rings is 2. The van der Waals surface area contributed by atoms with Gasteiger partial charge in [0, 0.05) is 32.2 Å². The Morgan fingerprint density at radius 2 is 1.72 bits per heavy atom. The number of carbonyl (C=O) groups excluding carboxylic acids is 1. The summed E-state index contributed by atoms with van der Waals surface area (Å²) in [6.07, 6.45) is 0.398. The number of aromatic nitrogens is 4. The lowest BCUT2D eigenvalue weighted by molar-refractivity contribution is -0.132. The number of nitrogens with zero attached hydrogens (tertiary/aromatic N) is 6. The van der Waals surface area contributed by atoms with E-state index in [1.54, 1.807) is 0 Å². The van der Waals surface area contributed by atoms with Crippen LogP contribution in [-0.2, 0) is 17.8 Å². The lowest BCUT2D eigenvalue weighted by atomic mass is 10.1. The molecule has 0 aliphatic carbocycles. The Kier molecular flexibility index (Phi) is 5.57. The number of rotatable bonds is 5. The first-order valence-electron chi connectivity index (χ1n) is 9.37. The van der Waals surface area contributed by atoms with Crippen molar-refractivity contribution in [3.8, 4) is 5.69 Å². The summed E-state index contributed by atoms with van der Waals surface area (Å²) in [6, 6.07) is 13.2. The molecule has 0 bridgehead atoms. The van der Waals surface area contributed by atoms with Gasteiger partial charge in [-0.3, -0.25) is 9.69 Å². The standard InChI is InChI=1S/C20H20F2N6O/c21-17-7-6-16(13-18(17)22)28-19(23-24-25-28)14-26-8-10-27(11-9-26)20(29)12-15-4-2-1-3-5-15/h1-7,13H,8-12,14H2. The van der Waals surface area contributed by atoms with Crippen molar-refractivity contribution in [3.63, 3.8) is 0 Å². The average molecular weight is 398 g/mol. The minimum atomic E-state index is -0.950. The van der Waals surface area contributed by atoms with Crippen LogP contribution in [0.4, 0.5) is 8.78 Å². The Labute approximate surface area is 166 Å². The molecule has 1 saturated heterocycles. The highest BCUT2D eigenvalue weighted by Crippen LogP contribution is 2.15. The molecule has 4 rings (SSSR count). The summed E-state index contributed by atoms with van der Waals surface area (Å²) in [7, 11) is 0.